The van der Waals surface area contributed by atoms with Gasteiger partial charge in [0.2, 0.25) is 5.91 Å². The Kier molecular flexibility index (Phi) is 2.09. The Morgan fingerprint density at radius 3 is 2.73 bits per heavy atom. The van der Waals surface area contributed by atoms with E-state index in [1.54, 1.807) is 0 Å². The first-order valence-corrected chi connectivity index (χ1v) is 6.61. The van der Waals surface area contributed by atoms with Crippen molar-refractivity contribution in [3.63, 3.8) is 0 Å². The molecular weight excluding hydrogens is 210 g/mol. The maximum absolute atomic E-state index is 12.3. The molecule has 0 aromatic heterocycles. The standard InChI is InChI=1S/C11H17NO2S/c1-7-8-9(15-7)12(2)10(13)11(8)3-5-14-6-4-11/h7-9H,3-6H2,1-2H3. The van der Waals surface area contributed by atoms with Gasteiger partial charge in [0, 0.05) is 31.4 Å². The molecule has 0 aromatic rings. The van der Waals surface area contributed by atoms with Gasteiger partial charge in [-0.2, -0.15) is 0 Å². The molecule has 0 saturated carbocycles. The van der Waals surface area contributed by atoms with Crippen LogP contribution in [-0.2, 0) is 9.53 Å². The molecular formula is C11H17NO2S. The smallest absolute Gasteiger partial charge is 0.230 e. The highest BCUT2D eigenvalue weighted by Crippen LogP contribution is 2.61. The number of amides is 1. The second-order valence-corrected chi connectivity index (χ2v) is 6.44. The number of carbonyl (C=O) groups excluding carboxylic acids is 1. The molecule has 3 unspecified atom stereocenters. The lowest BCUT2D eigenvalue weighted by Gasteiger charge is -2.46. The van der Waals surface area contributed by atoms with Crippen molar-refractivity contribution >= 4 is 17.7 Å². The van der Waals surface area contributed by atoms with Crippen LogP contribution in [0.3, 0.4) is 0 Å². The maximum Gasteiger partial charge on any atom is 0.230 e. The molecule has 15 heavy (non-hydrogen) atoms. The molecule has 1 spiro atoms. The van der Waals surface area contributed by atoms with Crippen molar-refractivity contribution in [3.8, 4) is 0 Å². The van der Waals surface area contributed by atoms with Crippen molar-refractivity contribution < 1.29 is 9.53 Å². The molecule has 84 valence electrons. The van der Waals surface area contributed by atoms with Gasteiger partial charge >= 0.3 is 0 Å². The summed E-state index contributed by atoms with van der Waals surface area (Å²) < 4.78 is 5.41. The van der Waals surface area contributed by atoms with Crippen LogP contribution in [0.2, 0.25) is 0 Å². The third-order valence-electron chi connectivity index (χ3n) is 4.32. The zero-order valence-electron chi connectivity index (χ0n) is 9.23. The van der Waals surface area contributed by atoms with Gasteiger partial charge in [0.05, 0.1) is 10.8 Å². The molecule has 0 N–H and O–H groups in total. The van der Waals surface area contributed by atoms with Crippen LogP contribution in [0.4, 0.5) is 0 Å². The van der Waals surface area contributed by atoms with E-state index in [1.165, 1.54) is 0 Å². The van der Waals surface area contributed by atoms with Crippen LogP contribution in [0.5, 0.6) is 0 Å². The van der Waals surface area contributed by atoms with E-state index in [1.807, 2.05) is 23.7 Å². The SMILES string of the molecule is CC1SC2C1C1(CCOCC1)C(=O)N2C. The van der Waals surface area contributed by atoms with Gasteiger partial charge in [0.25, 0.3) is 0 Å². The van der Waals surface area contributed by atoms with E-state index < -0.39 is 0 Å². The number of fused-ring (bicyclic) bond motifs is 2. The third-order valence-corrected chi connectivity index (χ3v) is 5.93. The van der Waals surface area contributed by atoms with E-state index in [0.717, 1.165) is 26.1 Å². The monoisotopic (exact) mass is 227 g/mol. The van der Waals surface area contributed by atoms with Crippen molar-refractivity contribution in [1.82, 2.24) is 4.90 Å². The lowest BCUT2D eigenvalue weighted by molar-refractivity contribution is -0.141. The Balaban J connectivity index is 1.95. The minimum atomic E-state index is -0.0671. The first kappa shape index (κ1) is 9.97. The molecule has 1 amide bonds. The van der Waals surface area contributed by atoms with E-state index >= 15 is 0 Å². The zero-order chi connectivity index (χ0) is 10.6. The van der Waals surface area contributed by atoms with Crippen LogP contribution >= 0.6 is 11.8 Å². The number of ether oxygens (including phenoxy) is 1. The lowest BCUT2D eigenvalue weighted by atomic mass is 9.70. The molecule has 3 aliphatic heterocycles. The number of carbonyl (C=O) groups is 1. The molecule has 3 saturated heterocycles. The minimum Gasteiger partial charge on any atom is -0.381 e. The number of likely N-dealkylation sites (tertiary alicyclic amines) is 1. The maximum atomic E-state index is 12.3. The van der Waals surface area contributed by atoms with Gasteiger partial charge in [-0.05, 0) is 12.8 Å². The molecule has 3 aliphatic rings. The Morgan fingerprint density at radius 1 is 1.47 bits per heavy atom. The van der Waals surface area contributed by atoms with Gasteiger partial charge < -0.3 is 9.64 Å². The van der Waals surface area contributed by atoms with E-state index in [9.17, 15) is 4.79 Å². The highest BCUT2D eigenvalue weighted by atomic mass is 32.2. The van der Waals surface area contributed by atoms with Crippen molar-refractivity contribution in [1.29, 1.82) is 0 Å². The second kappa shape index (κ2) is 3.14. The average Bonchev–Trinajstić information content (AvgIpc) is 2.38. The number of nitrogens with zero attached hydrogens (tertiary/aromatic N) is 1. The minimum absolute atomic E-state index is 0.0671. The van der Waals surface area contributed by atoms with Gasteiger partial charge in [-0.1, -0.05) is 6.92 Å². The fourth-order valence-corrected chi connectivity index (χ4v) is 5.17. The Bertz CT molecular complexity index is 301. The van der Waals surface area contributed by atoms with Gasteiger partial charge in [0.15, 0.2) is 0 Å². The van der Waals surface area contributed by atoms with Gasteiger partial charge in [-0.3, -0.25) is 4.79 Å². The summed E-state index contributed by atoms with van der Waals surface area (Å²) in [7, 11) is 1.96. The van der Waals surface area contributed by atoms with Crippen molar-refractivity contribution in [2.75, 3.05) is 20.3 Å². The summed E-state index contributed by atoms with van der Waals surface area (Å²) >= 11 is 1.94. The Labute approximate surface area is 94.5 Å². The summed E-state index contributed by atoms with van der Waals surface area (Å²) in [5.74, 6) is 0.946. The molecule has 3 nitrogen and oxygen atoms in total. The van der Waals surface area contributed by atoms with Gasteiger partial charge in [-0.25, -0.2) is 0 Å². The number of rotatable bonds is 0. The summed E-state index contributed by atoms with van der Waals surface area (Å²) in [5.41, 5.74) is -0.0671. The van der Waals surface area contributed by atoms with Crippen molar-refractivity contribution in [2.24, 2.45) is 11.3 Å². The lowest BCUT2D eigenvalue weighted by Crippen LogP contribution is -2.48. The van der Waals surface area contributed by atoms with E-state index in [2.05, 4.69) is 6.92 Å². The second-order valence-electron chi connectivity index (χ2n) is 4.94. The molecule has 3 atom stereocenters. The molecule has 3 heterocycles. The summed E-state index contributed by atoms with van der Waals surface area (Å²) in [4.78, 5) is 14.3. The summed E-state index contributed by atoms with van der Waals surface area (Å²) in [6.45, 7) is 3.79. The molecule has 4 heteroatoms. The highest BCUT2D eigenvalue weighted by Gasteiger charge is 2.64. The quantitative estimate of drug-likeness (QED) is 0.625. The number of hydrogen-bond donors (Lipinski definition) is 0. The number of thioether (sulfide) groups is 1. The van der Waals surface area contributed by atoms with Crippen molar-refractivity contribution in [3.05, 3.63) is 0 Å². The van der Waals surface area contributed by atoms with Gasteiger partial charge in [-0.15, -0.1) is 11.8 Å². The molecule has 3 fully saturated rings. The largest absolute Gasteiger partial charge is 0.381 e. The van der Waals surface area contributed by atoms with Crippen LogP contribution < -0.4 is 0 Å². The zero-order valence-corrected chi connectivity index (χ0v) is 10.0. The molecule has 0 aromatic carbocycles. The van der Waals surface area contributed by atoms with Crippen LogP contribution in [0.25, 0.3) is 0 Å². The van der Waals surface area contributed by atoms with Crippen LogP contribution in [0, 0.1) is 11.3 Å². The molecule has 0 radical (unpaired) electrons. The van der Waals surface area contributed by atoms with Crippen LogP contribution in [-0.4, -0.2) is 41.7 Å². The first-order chi connectivity index (χ1) is 7.17. The van der Waals surface area contributed by atoms with E-state index in [-0.39, 0.29) is 5.41 Å². The summed E-state index contributed by atoms with van der Waals surface area (Å²) in [6, 6.07) is 0. The normalized spacial score (nSPS) is 42.9. The Hall–Kier alpha value is -0.220. The highest BCUT2D eigenvalue weighted by molar-refractivity contribution is 8.01. The third kappa shape index (κ3) is 1.10. The topological polar surface area (TPSA) is 29.5 Å². The predicted molar refractivity (Wildman–Crippen MR) is 59.6 cm³/mol. The van der Waals surface area contributed by atoms with Gasteiger partial charge in [0.1, 0.15) is 0 Å². The van der Waals surface area contributed by atoms with Crippen LogP contribution in [0.1, 0.15) is 19.8 Å². The summed E-state index contributed by atoms with van der Waals surface area (Å²) in [5, 5.41) is 1.09. The first-order valence-electron chi connectivity index (χ1n) is 5.67. The van der Waals surface area contributed by atoms with E-state index in [0.29, 0.717) is 22.4 Å². The number of hydrogen-bond acceptors (Lipinski definition) is 3. The van der Waals surface area contributed by atoms with Crippen molar-refractivity contribution in [2.45, 2.75) is 30.4 Å². The van der Waals surface area contributed by atoms with Crippen LogP contribution in [0.15, 0.2) is 0 Å². The van der Waals surface area contributed by atoms with E-state index in [4.69, 9.17) is 4.74 Å². The molecule has 3 rings (SSSR count). The summed E-state index contributed by atoms with van der Waals surface area (Å²) in [6.07, 6.45) is 1.87. The fraction of sp³-hybridized carbons (Fsp3) is 0.909. The molecule has 0 aliphatic carbocycles. The Morgan fingerprint density at radius 2 is 2.13 bits per heavy atom. The molecule has 0 bridgehead atoms. The predicted octanol–water partition coefficient (Wildman–Crippen LogP) is 1.33. The average molecular weight is 227 g/mol. The fourth-order valence-electron chi connectivity index (χ4n) is 3.48.